The van der Waals surface area contributed by atoms with E-state index in [-0.39, 0.29) is 12.5 Å². The van der Waals surface area contributed by atoms with Crippen molar-refractivity contribution < 1.29 is 13.7 Å². The predicted molar refractivity (Wildman–Crippen MR) is 95.2 cm³/mol. The van der Waals surface area contributed by atoms with Gasteiger partial charge in [0.15, 0.2) is 17.3 Å². The number of amides is 1. The van der Waals surface area contributed by atoms with Crippen LogP contribution in [0.1, 0.15) is 24.3 Å². The molecule has 0 bridgehead atoms. The Bertz CT molecular complexity index is 1090. The molecule has 4 aromatic rings. The van der Waals surface area contributed by atoms with Crippen molar-refractivity contribution >= 4 is 17.6 Å². The topological polar surface area (TPSA) is 111 Å². The molecule has 136 valence electrons. The normalized spacial score (nSPS) is 11.4. The predicted octanol–water partition coefficient (Wildman–Crippen LogP) is 2.26. The van der Waals surface area contributed by atoms with E-state index in [1.165, 1.54) is 6.08 Å². The highest BCUT2D eigenvalue weighted by Gasteiger charge is 2.11. The number of fused-ring (bicyclic) bond motifs is 1. The van der Waals surface area contributed by atoms with Crippen molar-refractivity contribution in [2.75, 3.05) is 0 Å². The Kier molecular flexibility index (Phi) is 4.48. The van der Waals surface area contributed by atoms with Crippen LogP contribution in [-0.2, 0) is 17.8 Å². The van der Waals surface area contributed by atoms with E-state index < -0.39 is 0 Å². The van der Waals surface area contributed by atoms with Gasteiger partial charge in [0.05, 0.1) is 12.8 Å². The summed E-state index contributed by atoms with van der Waals surface area (Å²) in [4.78, 5) is 16.2. The van der Waals surface area contributed by atoms with Gasteiger partial charge in [-0.2, -0.15) is 4.98 Å². The highest BCUT2D eigenvalue weighted by Crippen LogP contribution is 2.19. The van der Waals surface area contributed by atoms with Gasteiger partial charge < -0.3 is 14.3 Å². The van der Waals surface area contributed by atoms with E-state index in [0.717, 1.165) is 5.56 Å². The van der Waals surface area contributed by atoms with Crippen LogP contribution in [0.3, 0.4) is 0 Å². The van der Waals surface area contributed by atoms with Crippen molar-refractivity contribution in [2.24, 2.45) is 0 Å². The average Bonchev–Trinajstić information content (AvgIpc) is 3.45. The van der Waals surface area contributed by atoms with Crippen LogP contribution in [-0.4, -0.2) is 30.6 Å². The lowest BCUT2D eigenvalue weighted by Crippen LogP contribution is -2.21. The standard InChI is InChI=1S/C18H16N6O3/c1-2-14-20-18(27-23-14)12-7-8-24-15(10-12)21-22-16(24)11-19-17(25)6-5-13-4-3-9-26-13/h3-10H,2,11H2,1H3,(H,19,25)/b6-5+. The quantitative estimate of drug-likeness (QED) is 0.522. The summed E-state index contributed by atoms with van der Waals surface area (Å²) in [6.07, 6.45) is 7.06. The van der Waals surface area contributed by atoms with Crippen molar-refractivity contribution in [1.82, 2.24) is 30.1 Å². The zero-order chi connectivity index (χ0) is 18.6. The smallest absolute Gasteiger partial charge is 0.258 e. The maximum absolute atomic E-state index is 11.9. The van der Waals surface area contributed by atoms with E-state index >= 15 is 0 Å². The fourth-order valence-corrected chi connectivity index (χ4v) is 2.48. The highest BCUT2D eigenvalue weighted by molar-refractivity contribution is 5.91. The van der Waals surface area contributed by atoms with Gasteiger partial charge in [0, 0.05) is 24.3 Å². The van der Waals surface area contributed by atoms with Crippen molar-refractivity contribution in [3.8, 4) is 11.5 Å². The minimum atomic E-state index is -0.252. The molecule has 0 unspecified atom stereocenters. The Labute approximate surface area is 153 Å². The summed E-state index contributed by atoms with van der Waals surface area (Å²) in [5.41, 5.74) is 1.39. The molecule has 0 saturated heterocycles. The summed E-state index contributed by atoms with van der Waals surface area (Å²) in [6, 6.07) is 7.17. The number of nitrogens with one attached hydrogen (secondary N) is 1. The molecule has 0 atom stereocenters. The molecule has 4 heterocycles. The van der Waals surface area contributed by atoms with Crippen LogP contribution in [0.5, 0.6) is 0 Å². The van der Waals surface area contributed by atoms with Crippen molar-refractivity contribution in [1.29, 1.82) is 0 Å². The van der Waals surface area contributed by atoms with Crippen LogP contribution in [0.25, 0.3) is 23.2 Å². The summed E-state index contributed by atoms with van der Waals surface area (Å²) in [7, 11) is 0. The van der Waals surface area contributed by atoms with Crippen LogP contribution in [0.4, 0.5) is 0 Å². The number of nitrogens with zero attached hydrogens (tertiary/aromatic N) is 5. The molecular formula is C18H16N6O3. The zero-order valence-electron chi connectivity index (χ0n) is 14.5. The largest absolute Gasteiger partial charge is 0.465 e. The molecule has 0 aliphatic carbocycles. The van der Waals surface area contributed by atoms with Crippen LogP contribution < -0.4 is 5.32 Å². The Morgan fingerprint density at radius 3 is 3.04 bits per heavy atom. The molecule has 0 saturated carbocycles. The zero-order valence-corrected chi connectivity index (χ0v) is 14.5. The third-order valence-electron chi connectivity index (χ3n) is 3.87. The third kappa shape index (κ3) is 3.61. The van der Waals surface area contributed by atoms with Gasteiger partial charge >= 0.3 is 0 Å². The number of hydrogen-bond acceptors (Lipinski definition) is 7. The summed E-state index contributed by atoms with van der Waals surface area (Å²) >= 11 is 0. The van der Waals surface area contributed by atoms with Crippen molar-refractivity contribution in [3.05, 3.63) is 60.2 Å². The number of carbonyl (C=O) groups excluding carboxylic acids is 1. The first-order valence-corrected chi connectivity index (χ1v) is 8.39. The third-order valence-corrected chi connectivity index (χ3v) is 3.87. The van der Waals surface area contributed by atoms with Gasteiger partial charge in [0.2, 0.25) is 5.91 Å². The second-order valence-electron chi connectivity index (χ2n) is 5.70. The Morgan fingerprint density at radius 2 is 2.26 bits per heavy atom. The number of furan rings is 1. The molecule has 0 fully saturated rings. The number of aromatic nitrogens is 5. The lowest BCUT2D eigenvalue weighted by Gasteiger charge is -2.02. The number of pyridine rings is 1. The fourth-order valence-electron chi connectivity index (χ4n) is 2.48. The molecule has 0 spiro atoms. The number of aryl methyl sites for hydroxylation is 1. The molecule has 0 radical (unpaired) electrons. The molecule has 0 aliphatic rings. The van der Waals surface area contributed by atoms with E-state index in [0.29, 0.717) is 35.4 Å². The highest BCUT2D eigenvalue weighted by atomic mass is 16.5. The Hall–Kier alpha value is -3.75. The molecule has 1 N–H and O–H groups in total. The molecule has 4 aromatic heterocycles. The van der Waals surface area contributed by atoms with Crippen LogP contribution >= 0.6 is 0 Å². The number of carbonyl (C=O) groups is 1. The van der Waals surface area contributed by atoms with Crippen LogP contribution in [0, 0.1) is 0 Å². The molecule has 1 amide bonds. The minimum Gasteiger partial charge on any atom is -0.465 e. The Morgan fingerprint density at radius 1 is 1.33 bits per heavy atom. The summed E-state index contributed by atoms with van der Waals surface area (Å²) < 4.78 is 12.2. The lowest BCUT2D eigenvalue weighted by molar-refractivity contribution is -0.116. The summed E-state index contributed by atoms with van der Waals surface area (Å²) in [6.45, 7) is 2.20. The molecule has 9 heteroatoms. The first-order valence-electron chi connectivity index (χ1n) is 8.39. The molecular weight excluding hydrogens is 348 g/mol. The lowest BCUT2D eigenvalue weighted by atomic mass is 10.2. The van der Waals surface area contributed by atoms with Gasteiger partial charge in [0.1, 0.15) is 5.76 Å². The maximum atomic E-state index is 11.9. The van der Waals surface area contributed by atoms with Gasteiger partial charge in [-0.1, -0.05) is 12.1 Å². The first-order chi connectivity index (χ1) is 13.2. The summed E-state index contributed by atoms with van der Waals surface area (Å²) in [5.74, 6) is 2.05. The van der Waals surface area contributed by atoms with E-state index in [2.05, 4.69) is 25.7 Å². The van der Waals surface area contributed by atoms with E-state index in [9.17, 15) is 4.79 Å². The molecule has 9 nitrogen and oxygen atoms in total. The fraction of sp³-hybridized carbons (Fsp3) is 0.167. The maximum Gasteiger partial charge on any atom is 0.258 e. The SMILES string of the molecule is CCc1noc(-c2ccn3c(CNC(=O)/C=C/c4ccco4)nnc3c2)n1. The van der Waals surface area contributed by atoms with Gasteiger partial charge in [-0.25, -0.2) is 0 Å². The molecule has 0 aliphatic heterocycles. The van der Waals surface area contributed by atoms with Crippen LogP contribution in [0.2, 0.25) is 0 Å². The number of rotatable bonds is 6. The Balaban J connectivity index is 1.46. The number of hydrogen-bond donors (Lipinski definition) is 1. The molecule has 27 heavy (non-hydrogen) atoms. The van der Waals surface area contributed by atoms with Gasteiger partial charge in [-0.15, -0.1) is 10.2 Å². The average molecular weight is 364 g/mol. The van der Waals surface area contributed by atoms with Crippen molar-refractivity contribution in [2.45, 2.75) is 19.9 Å². The second-order valence-corrected chi connectivity index (χ2v) is 5.70. The van der Waals surface area contributed by atoms with Gasteiger partial charge in [-0.05, 0) is 30.3 Å². The minimum absolute atomic E-state index is 0.238. The summed E-state index contributed by atoms with van der Waals surface area (Å²) in [5, 5.41) is 14.9. The van der Waals surface area contributed by atoms with E-state index in [4.69, 9.17) is 8.94 Å². The van der Waals surface area contributed by atoms with Crippen LogP contribution in [0.15, 0.2) is 51.7 Å². The second kappa shape index (κ2) is 7.24. The molecule has 4 rings (SSSR count). The van der Waals surface area contributed by atoms with E-state index in [1.54, 1.807) is 35.1 Å². The monoisotopic (exact) mass is 364 g/mol. The van der Waals surface area contributed by atoms with E-state index in [1.807, 2.05) is 19.1 Å². The molecule has 0 aromatic carbocycles. The first kappa shape index (κ1) is 16.7. The van der Waals surface area contributed by atoms with Crippen molar-refractivity contribution in [3.63, 3.8) is 0 Å². The van der Waals surface area contributed by atoms with Gasteiger partial charge in [-0.3, -0.25) is 9.20 Å². The van der Waals surface area contributed by atoms with Gasteiger partial charge in [0.25, 0.3) is 5.89 Å².